The minimum atomic E-state index is 0.383. The fourth-order valence-electron chi connectivity index (χ4n) is 3.58. The first kappa shape index (κ1) is 15.0. The molecule has 118 valence electrons. The Bertz CT molecular complexity index is 434. The van der Waals surface area contributed by atoms with Gasteiger partial charge in [-0.25, -0.2) is 0 Å². The van der Waals surface area contributed by atoms with Gasteiger partial charge in [-0.1, -0.05) is 6.92 Å². The van der Waals surface area contributed by atoms with Crippen LogP contribution in [0.2, 0.25) is 0 Å². The van der Waals surface area contributed by atoms with Crippen molar-refractivity contribution in [1.82, 2.24) is 15.1 Å². The maximum Gasteiger partial charge on any atom is 0.230 e. The molecule has 0 N–H and O–H groups in total. The summed E-state index contributed by atoms with van der Waals surface area (Å²) < 4.78 is 11.4. The van der Waals surface area contributed by atoms with Gasteiger partial charge < -0.3 is 9.15 Å². The molecule has 2 aliphatic rings. The van der Waals surface area contributed by atoms with Crippen molar-refractivity contribution in [3.63, 3.8) is 0 Å². The van der Waals surface area contributed by atoms with Crippen LogP contribution in [0.15, 0.2) is 4.42 Å². The van der Waals surface area contributed by atoms with Crippen LogP contribution in [-0.4, -0.2) is 40.4 Å². The molecule has 1 aliphatic heterocycles. The average Bonchev–Trinajstić information content (AvgIpc) is 3.11. The molecule has 5 nitrogen and oxygen atoms in total. The third kappa shape index (κ3) is 4.04. The van der Waals surface area contributed by atoms with Crippen LogP contribution in [0.4, 0.5) is 0 Å². The summed E-state index contributed by atoms with van der Waals surface area (Å²) in [6.07, 6.45) is 7.98. The maximum absolute atomic E-state index is 5.83. The fourth-order valence-corrected chi connectivity index (χ4v) is 3.58. The van der Waals surface area contributed by atoms with Gasteiger partial charge in [-0.15, -0.1) is 10.2 Å². The molecule has 2 heterocycles. The molecular formula is C16H27N3O2. The predicted octanol–water partition coefficient (Wildman–Crippen LogP) is 2.94. The molecule has 1 aliphatic carbocycles. The van der Waals surface area contributed by atoms with Crippen LogP contribution in [0.3, 0.4) is 0 Å². The maximum atomic E-state index is 5.83. The molecule has 1 saturated carbocycles. The molecule has 1 atom stereocenters. The van der Waals surface area contributed by atoms with Gasteiger partial charge in [0.2, 0.25) is 11.8 Å². The van der Waals surface area contributed by atoms with Crippen LogP contribution >= 0.6 is 0 Å². The zero-order valence-corrected chi connectivity index (χ0v) is 13.3. The van der Waals surface area contributed by atoms with Gasteiger partial charge >= 0.3 is 0 Å². The van der Waals surface area contributed by atoms with Crippen molar-refractivity contribution in [3.8, 4) is 0 Å². The highest BCUT2D eigenvalue weighted by molar-refractivity contribution is 4.86. The monoisotopic (exact) mass is 293 g/mol. The predicted molar refractivity (Wildman–Crippen MR) is 79.8 cm³/mol. The van der Waals surface area contributed by atoms with Crippen molar-refractivity contribution in [2.24, 2.45) is 5.92 Å². The summed E-state index contributed by atoms with van der Waals surface area (Å²) in [5.74, 6) is 2.26. The van der Waals surface area contributed by atoms with Crippen molar-refractivity contribution in [2.45, 2.75) is 71.1 Å². The molecule has 5 heteroatoms. The van der Waals surface area contributed by atoms with Gasteiger partial charge in [-0.05, 0) is 44.4 Å². The third-order valence-corrected chi connectivity index (χ3v) is 4.87. The van der Waals surface area contributed by atoms with Gasteiger partial charge in [0.25, 0.3) is 0 Å². The van der Waals surface area contributed by atoms with Crippen molar-refractivity contribution >= 4 is 0 Å². The summed E-state index contributed by atoms with van der Waals surface area (Å²) in [5.41, 5.74) is 0. The first-order valence-electron chi connectivity index (χ1n) is 8.35. The summed E-state index contributed by atoms with van der Waals surface area (Å²) in [4.78, 5) is 2.52. The quantitative estimate of drug-likeness (QED) is 0.835. The molecule has 0 bridgehead atoms. The fraction of sp³-hybridized carbons (Fsp3) is 0.875. The third-order valence-electron chi connectivity index (χ3n) is 4.87. The number of rotatable bonds is 5. The molecule has 1 unspecified atom stereocenters. The lowest BCUT2D eigenvalue weighted by Crippen LogP contribution is -2.41. The highest BCUT2D eigenvalue weighted by Crippen LogP contribution is 2.29. The molecule has 0 radical (unpaired) electrons. The van der Waals surface area contributed by atoms with Crippen molar-refractivity contribution in [1.29, 1.82) is 0 Å². The second-order valence-corrected chi connectivity index (χ2v) is 6.69. The van der Waals surface area contributed by atoms with Crippen LogP contribution in [0.1, 0.15) is 57.2 Å². The number of ether oxygens (including phenoxy) is 1. The van der Waals surface area contributed by atoms with E-state index < -0.39 is 0 Å². The number of aromatic nitrogens is 2. The van der Waals surface area contributed by atoms with Crippen LogP contribution in [-0.2, 0) is 11.3 Å². The Kier molecular flexibility index (Phi) is 4.91. The van der Waals surface area contributed by atoms with E-state index in [4.69, 9.17) is 9.15 Å². The van der Waals surface area contributed by atoms with E-state index in [0.717, 1.165) is 31.5 Å². The van der Waals surface area contributed by atoms with Gasteiger partial charge in [0, 0.05) is 26.1 Å². The lowest BCUT2D eigenvalue weighted by molar-refractivity contribution is 0.0369. The molecule has 0 spiro atoms. The van der Waals surface area contributed by atoms with E-state index in [-0.39, 0.29) is 0 Å². The van der Waals surface area contributed by atoms with E-state index in [2.05, 4.69) is 22.0 Å². The lowest BCUT2D eigenvalue weighted by Gasteiger charge is -2.36. The number of hydrogen-bond acceptors (Lipinski definition) is 5. The van der Waals surface area contributed by atoms with Gasteiger partial charge in [0.05, 0.1) is 12.6 Å². The molecule has 0 amide bonds. The molecule has 0 aromatic carbocycles. The Balaban J connectivity index is 1.64. The molecule has 2 fully saturated rings. The topological polar surface area (TPSA) is 51.4 Å². The van der Waals surface area contributed by atoms with Crippen LogP contribution in [0.5, 0.6) is 0 Å². The van der Waals surface area contributed by atoms with Crippen molar-refractivity contribution in [3.05, 3.63) is 11.8 Å². The highest BCUT2D eigenvalue weighted by Gasteiger charge is 2.28. The summed E-state index contributed by atoms with van der Waals surface area (Å²) in [7, 11) is 0. The number of aryl methyl sites for hydroxylation is 1. The van der Waals surface area contributed by atoms with Gasteiger partial charge in [0.1, 0.15) is 0 Å². The molecule has 1 saturated heterocycles. The number of nitrogens with zero attached hydrogens (tertiary/aromatic N) is 3. The standard InChI is InChI=1S/C16H27N3O2/c1-12-5-7-14(8-6-12)19(10-15-4-3-9-20-15)11-16-18-17-13(2)21-16/h12,14-15H,3-11H2,1-2H3. The Morgan fingerprint density at radius 1 is 1.14 bits per heavy atom. The Hall–Kier alpha value is -0.940. The molecule has 1 aromatic heterocycles. The Labute approximate surface area is 127 Å². The summed E-state index contributed by atoms with van der Waals surface area (Å²) >= 11 is 0. The average molecular weight is 293 g/mol. The largest absolute Gasteiger partial charge is 0.424 e. The zero-order chi connectivity index (χ0) is 14.7. The van der Waals surface area contributed by atoms with E-state index in [9.17, 15) is 0 Å². The summed E-state index contributed by atoms with van der Waals surface area (Å²) in [5, 5.41) is 8.12. The van der Waals surface area contributed by atoms with Gasteiger partial charge in [-0.2, -0.15) is 0 Å². The first-order valence-corrected chi connectivity index (χ1v) is 8.35. The summed E-state index contributed by atoms with van der Waals surface area (Å²) in [6, 6.07) is 0.637. The second-order valence-electron chi connectivity index (χ2n) is 6.69. The molecule has 3 rings (SSSR count). The molecule has 1 aromatic rings. The van der Waals surface area contributed by atoms with E-state index >= 15 is 0 Å². The SMILES string of the molecule is Cc1nnc(CN(CC2CCCO2)C2CCC(C)CC2)o1. The first-order chi connectivity index (χ1) is 10.2. The minimum absolute atomic E-state index is 0.383. The van der Waals surface area contributed by atoms with Crippen molar-refractivity contribution < 1.29 is 9.15 Å². The minimum Gasteiger partial charge on any atom is -0.424 e. The Morgan fingerprint density at radius 2 is 1.95 bits per heavy atom. The number of hydrogen-bond donors (Lipinski definition) is 0. The van der Waals surface area contributed by atoms with E-state index in [1.165, 1.54) is 38.5 Å². The Morgan fingerprint density at radius 3 is 2.57 bits per heavy atom. The smallest absolute Gasteiger partial charge is 0.230 e. The van der Waals surface area contributed by atoms with E-state index in [0.29, 0.717) is 18.0 Å². The van der Waals surface area contributed by atoms with E-state index in [1.807, 2.05) is 6.92 Å². The molecular weight excluding hydrogens is 266 g/mol. The van der Waals surface area contributed by atoms with Crippen LogP contribution in [0.25, 0.3) is 0 Å². The van der Waals surface area contributed by atoms with Crippen LogP contribution in [0, 0.1) is 12.8 Å². The normalized spacial score (nSPS) is 30.1. The second kappa shape index (κ2) is 6.88. The highest BCUT2D eigenvalue weighted by atomic mass is 16.5. The van der Waals surface area contributed by atoms with Gasteiger partial charge in [-0.3, -0.25) is 4.90 Å². The molecule has 21 heavy (non-hydrogen) atoms. The summed E-state index contributed by atoms with van der Waals surface area (Å²) in [6.45, 7) is 6.89. The van der Waals surface area contributed by atoms with Crippen molar-refractivity contribution in [2.75, 3.05) is 13.2 Å². The zero-order valence-electron chi connectivity index (χ0n) is 13.3. The van der Waals surface area contributed by atoms with Gasteiger partial charge in [0.15, 0.2) is 0 Å². The van der Waals surface area contributed by atoms with Crippen LogP contribution < -0.4 is 0 Å². The lowest BCUT2D eigenvalue weighted by atomic mass is 9.86. The van der Waals surface area contributed by atoms with E-state index in [1.54, 1.807) is 0 Å².